The number of rotatable bonds is 8. The molecule has 174 valence electrons. The molecule has 1 amide bonds. The predicted molar refractivity (Wildman–Crippen MR) is 127 cm³/mol. The van der Waals surface area contributed by atoms with E-state index < -0.39 is 10.0 Å². The molecule has 0 bridgehead atoms. The molecule has 0 saturated carbocycles. The van der Waals surface area contributed by atoms with Crippen LogP contribution < -0.4 is 14.4 Å². The molecule has 0 spiro atoms. The van der Waals surface area contributed by atoms with Crippen LogP contribution in [0.4, 0.5) is 10.9 Å². The molecule has 1 aliphatic rings. The number of methoxy groups -OCH3 is 1. The van der Waals surface area contributed by atoms with Crippen LogP contribution in [0.1, 0.15) is 12.1 Å². The first-order valence-electron chi connectivity index (χ1n) is 10.5. The molecule has 0 aliphatic carbocycles. The number of nitrogens with one attached hydrogen (secondary N) is 1. The number of hydrogen-bond donors (Lipinski definition) is 1. The van der Waals surface area contributed by atoms with Crippen LogP contribution in [-0.4, -0.2) is 62.5 Å². The highest BCUT2D eigenvalue weighted by molar-refractivity contribution is 7.93. The number of pyridine rings is 1. The SMILES string of the molecule is COc1ccc(S(=O)(=O)Nc2nc(CCC(=O)N3CCN(c4ccccn4)CC3)cs2)cc1. The standard InChI is InChI=1S/C22H25N5O4S2/c1-31-18-6-8-19(9-7-18)33(29,30)25-22-24-17(16-32-22)5-10-21(28)27-14-12-26(13-15-27)20-4-2-3-11-23-20/h2-4,6-9,11,16H,5,10,12-15H2,1H3,(H,24,25). The Bertz CT molecular complexity index is 1180. The van der Waals surface area contributed by atoms with E-state index in [9.17, 15) is 13.2 Å². The molecule has 2 aromatic heterocycles. The number of piperazine rings is 1. The number of benzene rings is 1. The molecule has 1 aromatic carbocycles. The lowest BCUT2D eigenvalue weighted by atomic mass is 10.2. The molecular weight excluding hydrogens is 462 g/mol. The Kier molecular flexibility index (Phi) is 7.09. The minimum absolute atomic E-state index is 0.0732. The monoisotopic (exact) mass is 487 g/mol. The molecule has 3 aromatic rings. The third kappa shape index (κ3) is 5.79. The Labute approximate surface area is 197 Å². The molecule has 1 fully saturated rings. The second-order valence-electron chi connectivity index (χ2n) is 7.48. The van der Waals surface area contributed by atoms with Crippen LogP contribution in [0.25, 0.3) is 0 Å². The number of aryl methyl sites for hydroxylation is 1. The molecule has 1 saturated heterocycles. The van der Waals surface area contributed by atoms with Gasteiger partial charge in [-0.1, -0.05) is 6.07 Å². The average Bonchev–Trinajstić information content (AvgIpc) is 3.29. The number of anilines is 2. The number of ether oxygens (including phenoxy) is 1. The normalized spacial score (nSPS) is 14.2. The molecule has 4 rings (SSSR count). The average molecular weight is 488 g/mol. The van der Waals surface area contributed by atoms with Gasteiger partial charge >= 0.3 is 0 Å². The predicted octanol–water partition coefficient (Wildman–Crippen LogP) is 2.63. The molecule has 3 heterocycles. The van der Waals surface area contributed by atoms with E-state index in [0.717, 1.165) is 18.9 Å². The third-order valence-corrected chi connectivity index (χ3v) is 7.63. The van der Waals surface area contributed by atoms with Crippen molar-refractivity contribution in [2.24, 2.45) is 0 Å². The van der Waals surface area contributed by atoms with Gasteiger partial charge in [0.15, 0.2) is 5.13 Å². The number of sulfonamides is 1. The third-order valence-electron chi connectivity index (χ3n) is 5.34. The van der Waals surface area contributed by atoms with Gasteiger partial charge in [0.05, 0.1) is 17.7 Å². The highest BCUT2D eigenvalue weighted by Crippen LogP contribution is 2.22. The minimum atomic E-state index is -3.74. The van der Waals surface area contributed by atoms with Crippen molar-refractivity contribution in [2.45, 2.75) is 17.7 Å². The number of carbonyl (C=O) groups is 1. The van der Waals surface area contributed by atoms with Crippen LogP contribution in [0, 0.1) is 0 Å². The minimum Gasteiger partial charge on any atom is -0.497 e. The lowest BCUT2D eigenvalue weighted by Gasteiger charge is -2.35. The topological polar surface area (TPSA) is 105 Å². The van der Waals surface area contributed by atoms with Crippen LogP contribution in [0.15, 0.2) is 58.9 Å². The summed E-state index contributed by atoms with van der Waals surface area (Å²) in [6, 6.07) is 11.9. The summed E-state index contributed by atoms with van der Waals surface area (Å²) < 4.78 is 32.7. The molecule has 1 aliphatic heterocycles. The smallest absolute Gasteiger partial charge is 0.263 e. The van der Waals surface area contributed by atoms with Gasteiger partial charge in [-0.05, 0) is 42.8 Å². The summed E-state index contributed by atoms with van der Waals surface area (Å²) in [6.45, 7) is 2.80. The number of carbonyl (C=O) groups excluding carboxylic acids is 1. The van der Waals surface area contributed by atoms with Crippen molar-refractivity contribution in [1.29, 1.82) is 0 Å². The van der Waals surface area contributed by atoms with E-state index in [4.69, 9.17) is 4.74 Å². The summed E-state index contributed by atoms with van der Waals surface area (Å²) in [5.74, 6) is 1.58. The van der Waals surface area contributed by atoms with Gasteiger partial charge in [-0.3, -0.25) is 9.52 Å². The fraction of sp³-hybridized carbons (Fsp3) is 0.318. The Morgan fingerprint density at radius 1 is 1.12 bits per heavy atom. The van der Waals surface area contributed by atoms with Crippen molar-refractivity contribution in [1.82, 2.24) is 14.9 Å². The first-order valence-corrected chi connectivity index (χ1v) is 12.9. The zero-order valence-corrected chi connectivity index (χ0v) is 19.8. The molecule has 1 N–H and O–H groups in total. The Morgan fingerprint density at radius 3 is 2.55 bits per heavy atom. The largest absolute Gasteiger partial charge is 0.497 e. The van der Waals surface area contributed by atoms with E-state index >= 15 is 0 Å². The summed E-state index contributed by atoms with van der Waals surface area (Å²) in [5.41, 5.74) is 0.688. The number of thiazole rings is 1. The second kappa shape index (κ2) is 10.2. The molecule has 11 heteroatoms. The maximum absolute atomic E-state index is 12.6. The lowest BCUT2D eigenvalue weighted by Crippen LogP contribution is -2.49. The van der Waals surface area contributed by atoms with E-state index in [1.165, 1.54) is 30.6 Å². The second-order valence-corrected chi connectivity index (χ2v) is 10.0. The van der Waals surface area contributed by atoms with E-state index in [-0.39, 0.29) is 15.9 Å². The van der Waals surface area contributed by atoms with Crippen LogP contribution in [0.2, 0.25) is 0 Å². The van der Waals surface area contributed by atoms with E-state index in [2.05, 4.69) is 19.6 Å². The van der Waals surface area contributed by atoms with E-state index in [1.54, 1.807) is 23.7 Å². The fourth-order valence-electron chi connectivity index (χ4n) is 3.52. The summed E-state index contributed by atoms with van der Waals surface area (Å²) in [7, 11) is -2.22. The number of amides is 1. The highest BCUT2D eigenvalue weighted by Gasteiger charge is 2.22. The van der Waals surface area contributed by atoms with E-state index in [1.807, 2.05) is 23.1 Å². The number of nitrogens with zero attached hydrogens (tertiary/aromatic N) is 4. The van der Waals surface area contributed by atoms with Gasteiger partial charge in [-0.15, -0.1) is 11.3 Å². The Balaban J connectivity index is 1.27. The molecule has 0 atom stereocenters. The Hall–Kier alpha value is -3.18. The maximum Gasteiger partial charge on any atom is 0.263 e. The van der Waals surface area contributed by atoms with Crippen LogP contribution in [0.5, 0.6) is 5.75 Å². The maximum atomic E-state index is 12.6. The fourth-order valence-corrected chi connectivity index (χ4v) is 5.51. The van der Waals surface area contributed by atoms with Crippen molar-refractivity contribution in [3.63, 3.8) is 0 Å². The molecule has 0 radical (unpaired) electrons. The van der Waals surface area contributed by atoms with E-state index in [0.29, 0.717) is 37.4 Å². The molecule has 9 nitrogen and oxygen atoms in total. The van der Waals surface area contributed by atoms with Crippen molar-refractivity contribution < 1.29 is 17.9 Å². The summed E-state index contributed by atoms with van der Waals surface area (Å²) in [4.78, 5) is 25.5. The molecule has 0 unspecified atom stereocenters. The quantitative estimate of drug-likeness (QED) is 0.521. The van der Waals surface area contributed by atoms with Gasteiger partial charge in [0.1, 0.15) is 11.6 Å². The van der Waals surface area contributed by atoms with Crippen LogP contribution >= 0.6 is 11.3 Å². The van der Waals surface area contributed by atoms with Crippen molar-refractivity contribution in [3.8, 4) is 5.75 Å². The van der Waals surface area contributed by atoms with Crippen LogP contribution in [-0.2, 0) is 21.2 Å². The Morgan fingerprint density at radius 2 is 1.88 bits per heavy atom. The van der Waals surface area contributed by atoms with Gasteiger partial charge < -0.3 is 14.5 Å². The van der Waals surface area contributed by atoms with Crippen LogP contribution in [0.3, 0.4) is 0 Å². The first kappa shape index (κ1) is 23.0. The number of aromatic nitrogens is 2. The van der Waals surface area contributed by atoms with Crippen molar-refractivity contribution >= 4 is 38.2 Å². The number of hydrogen-bond acceptors (Lipinski definition) is 8. The van der Waals surface area contributed by atoms with Gasteiger partial charge in [0.25, 0.3) is 10.0 Å². The first-order chi connectivity index (χ1) is 15.9. The van der Waals surface area contributed by atoms with Gasteiger partial charge in [0.2, 0.25) is 5.91 Å². The molecular formula is C22H25N5O4S2. The van der Waals surface area contributed by atoms with Gasteiger partial charge in [0, 0.05) is 44.2 Å². The summed E-state index contributed by atoms with van der Waals surface area (Å²) >= 11 is 1.20. The summed E-state index contributed by atoms with van der Waals surface area (Å²) in [5, 5.41) is 2.05. The van der Waals surface area contributed by atoms with Gasteiger partial charge in [-0.2, -0.15) is 0 Å². The highest BCUT2D eigenvalue weighted by atomic mass is 32.2. The van der Waals surface area contributed by atoms with Crippen molar-refractivity contribution in [2.75, 3.05) is 42.9 Å². The zero-order chi connectivity index (χ0) is 23.3. The zero-order valence-electron chi connectivity index (χ0n) is 18.2. The lowest BCUT2D eigenvalue weighted by molar-refractivity contribution is -0.131. The molecule has 33 heavy (non-hydrogen) atoms. The summed E-state index contributed by atoms with van der Waals surface area (Å²) in [6.07, 6.45) is 2.56. The van der Waals surface area contributed by atoms with Crippen molar-refractivity contribution in [3.05, 3.63) is 59.7 Å². The van der Waals surface area contributed by atoms with Gasteiger partial charge in [-0.25, -0.2) is 18.4 Å².